The highest BCUT2D eigenvalue weighted by atomic mass is 79.9. The number of carbonyl (C=O) groups is 1. The first-order valence-corrected chi connectivity index (χ1v) is 6.94. The van der Waals surface area contributed by atoms with Crippen LogP contribution in [0.25, 0.3) is 0 Å². The molecule has 0 bridgehead atoms. The summed E-state index contributed by atoms with van der Waals surface area (Å²) >= 11 is 3.45. The largest absolute Gasteiger partial charge is 0.493 e. The maximum atomic E-state index is 10.4. The number of carboxylic acid groups (broad SMARTS) is 1. The van der Waals surface area contributed by atoms with Gasteiger partial charge in [-0.25, -0.2) is 0 Å². The molecule has 0 spiro atoms. The van der Waals surface area contributed by atoms with Gasteiger partial charge in [0.15, 0.2) is 0 Å². The van der Waals surface area contributed by atoms with Gasteiger partial charge in [0, 0.05) is 10.9 Å². The Balaban J connectivity index is 2.49. The van der Waals surface area contributed by atoms with E-state index in [1.807, 2.05) is 12.1 Å². The molecule has 0 radical (unpaired) electrons. The van der Waals surface area contributed by atoms with Crippen molar-refractivity contribution >= 4 is 21.9 Å². The number of aliphatic carboxylic acids is 1. The standard InChI is InChI=1S/C14H19BrO3/c1-10(2)12-9-11(15)6-7-13(12)18-8-4-3-5-14(16)17/h6-7,9-10H,3-5,8H2,1-2H3,(H,16,17). The van der Waals surface area contributed by atoms with Gasteiger partial charge in [-0.3, -0.25) is 4.79 Å². The van der Waals surface area contributed by atoms with Crippen molar-refractivity contribution in [2.75, 3.05) is 6.61 Å². The van der Waals surface area contributed by atoms with Gasteiger partial charge in [0.1, 0.15) is 5.75 Å². The van der Waals surface area contributed by atoms with Crippen molar-refractivity contribution in [1.29, 1.82) is 0 Å². The fraction of sp³-hybridized carbons (Fsp3) is 0.500. The van der Waals surface area contributed by atoms with Gasteiger partial charge in [-0.1, -0.05) is 29.8 Å². The molecule has 1 N–H and O–H groups in total. The second-order valence-corrected chi connectivity index (χ2v) is 5.45. The molecule has 100 valence electrons. The first kappa shape index (κ1) is 15.0. The van der Waals surface area contributed by atoms with Crippen molar-refractivity contribution in [1.82, 2.24) is 0 Å². The maximum absolute atomic E-state index is 10.4. The van der Waals surface area contributed by atoms with Crippen LogP contribution in [-0.4, -0.2) is 17.7 Å². The predicted octanol–water partition coefficient (Wildman–Crippen LogP) is 4.21. The summed E-state index contributed by atoms with van der Waals surface area (Å²) in [5.74, 6) is 0.543. The van der Waals surface area contributed by atoms with E-state index in [1.165, 1.54) is 5.56 Å². The molecule has 0 atom stereocenters. The molecule has 1 rings (SSSR count). The lowest BCUT2D eigenvalue weighted by molar-refractivity contribution is -0.137. The molecule has 0 saturated heterocycles. The Morgan fingerprint density at radius 3 is 2.72 bits per heavy atom. The molecule has 1 aromatic carbocycles. The molecule has 1 aromatic rings. The van der Waals surface area contributed by atoms with Gasteiger partial charge in [-0.15, -0.1) is 0 Å². The highest BCUT2D eigenvalue weighted by molar-refractivity contribution is 9.10. The van der Waals surface area contributed by atoms with Crippen molar-refractivity contribution in [3.63, 3.8) is 0 Å². The zero-order chi connectivity index (χ0) is 13.5. The van der Waals surface area contributed by atoms with E-state index < -0.39 is 5.97 Å². The molecule has 0 aliphatic carbocycles. The number of carboxylic acids is 1. The van der Waals surface area contributed by atoms with Crippen molar-refractivity contribution in [3.05, 3.63) is 28.2 Å². The Morgan fingerprint density at radius 1 is 1.39 bits per heavy atom. The molecule has 3 nitrogen and oxygen atoms in total. The lowest BCUT2D eigenvalue weighted by atomic mass is 10.0. The van der Waals surface area contributed by atoms with Crippen LogP contribution in [0, 0.1) is 0 Å². The molecule has 0 fully saturated rings. The summed E-state index contributed by atoms with van der Waals surface area (Å²) in [6, 6.07) is 5.98. The van der Waals surface area contributed by atoms with E-state index in [4.69, 9.17) is 9.84 Å². The summed E-state index contributed by atoms with van der Waals surface area (Å²) < 4.78 is 6.77. The second kappa shape index (κ2) is 7.41. The van der Waals surface area contributed by atoms with Crippen molar-refractivity contribution in [3.8, 4) is 5.75 Å². The number of rotatable bonds is 7. The van der Waals surface area contributed by atoms with E-state index in [1.54, 1.807) is 0 Å². The fourth-order valence-corrected chi connectivity index (χ4v) is 2.04. The van der Waals surface area contributed by atoms with Crippen LogP contribution in [-0.2, 0) is 4.79 Å². The average Bonchev–Trinajstić information content (AvgIpc) is 2.29. The molecule has 0 aromatic heterocycles. The normalized spacial score (nSPS) is 10.7. The van der Waals surface area contributed by atoms with Gasteiger partial charge in [0.05, 0.1) is 6.61 Å². The number of ether oxygens (including phenoxy) is 1. The van der Waals surface area contributed by atoms with Crippen LogP contribution in [0.15, 0.2) is 22.7 Å². The summed E-state index contributed by atoms with van der Waals surface area (Å²) in [5, 5.41) is 8.53. The topological polar surface area (TPSA) is 46.5 Å². The monoisotopic (exact) mass is 314 g/mol. The van der Waals surface area contributed by atoms with Crippen molar-refractivity contribution in [2.24, 2.45) is 0 Å². The molecule has 0 aliphatic rings. The lowest BCUT2D eigenvalue weighted by Gasteiger charge is -2.14. The highest BCUT2D eigenvalue weighted by Gasteiger charge is 2.08. The first-order chi connectivity index (χ1) is 8.50. The lowest BCUT2D eigenvalue weighted by Crippen LogP contribution is -2.03. The molecule has 4 heteroatoms. The van der Waals surface area contributed by atoms with Gasteiger partial charge in [0.2, 0.25) is 0 Å². The zero-order valence-electron chi connectivity index (χ0n) is 10.8. The average molecular weight is 315 g/mol. The van der Waals surface area contributed by atoms with Crippen molar-refractivity contribution < 1.29 is 14.6 Å². The maximum Gasteiger partial charge on any atom is 0.303 e. The van der Waals surface area contributed by atoms with E-state index in [2.05, 4.69) is 35.8 Å². The Hall–Kier alpha value is -1.03. The van der Waals surface area contributed by atoms with E-state index in [0.717, 1.165) is 16.6 Å². The molecule has 0 amide bonds. The molecule has 0 heterocycles. The number of unbranched alkanes of at least 4 members (excludes halogenated alkanes) is 1. The summed E-state index contributed by atoms with van der Waals surface area (Å²) in [6.07, 6.45) is 1.63. The minimum Gasteiger partial charge on any atom is -0.493 e. The van der Waals surface area contributed by atoms with Gasteiger partial charge >= 0.3 is 5.97 Å². The Labute approximate surface area is 116 Å². The van der Waals surface area contributed by atoms with Gasteiger partial charge in [-0.2, -0.15) is 0 Å². The van der Waals surface area contributed by atoms with Crippen LogP contribution in [0.2, 0.25) is 0 Å². The summed E-state index contributed by atoms with van der Waals surface area (Å²) in [5.41, 5.74) is 1.17. The summed E-state index contributed by atoms with van der Waals surface area (Å²) in [4.78, 5) is 10.4. The number of hydrogen-bond donors (Lipinski definition) is 1. The SMILES string of the molecule is CC(C)c1cc(Br)ccc1OCCCCC(=O)O. The molecular formula is C14H19BrO3. The number of benzene rings is 1. The third-order valence-corrected chi connectivity index (χ3v) is 3.13. The Morgan fingerprint density at radius 2 is 2.11 bits per heavy atom. The Kier molecular flexibility index (Phi) is 6.19. The number of hydrogen-bond acceptors (Lipinski definition) is 2. The smallest absolute Gasteiger partial charge is 0.303 e. The Bertz CT molecular complexity index is 402. The second-order valence-electron chi connectivity index (χ2n) is 4.54. The van der Waals surface area contributed by atoms with E-state index >= 15 is 0 Å². The van der Waals surface area contributed by atoms with Crippen LogP contribution in [0.1, 0.15) is 44.6 Å². The predicted molar refractivity (Wildman–Crippen MR) is 75.2 cm³/mol. The van der Waals surface area contributed by atoms with Crippen molar-refractivity contribution in [2.45, 2.75) is 39.0 Å². The zero-order valence-corrected chi connectivity index (χ0v) is 12.4. The van der Waals surface area contributed by atoms with Gasteiger partial charge in [-0.05, 0) is 42.5 Å². The van der Waals surface area contributed by atoms with Crippen LogP contribution in [0.4, 0.5) is 0 Å². The molecule has 0 aliphatic heterocycles. The minimum absolute atomic E-state index is 0.209. The van der Waals surface area contributed by atoms with Gasteiger partial charge in [0.25, 0.3) is 0 Å². The summed E-state index contributed by atoms with van der Waals surface area (Å²) in [7, 11) is 0. The summed E-state index contributed by atoms with van der Waals surface area (Å²) in [6.45, 7) is 4.81. The van der Waals surface area contributed by atoms with E-state index in [-0.39, 0.29) is 6.42 Å². The third kappa shape index (κ3) is 5.08. The van der Waals surface area contributed by atoms with Crippen LogP contribution < -0.4 is 4.74 Å². The molecule has 0 saturated carbocycles. The molecule has 0 unspecified atom stereocenters. The third-order valence-electron chi connectivity index (χ3n) is 2.64. The first-order valence-electron chi connectivity index (χ1n) is 6.14. The van der Waals surface area contributed by atoms with Crippen LogP contribution in [0.3, 0.4) is 0 Å². The fourth-order valence-electron chi connectivity index (χ4n) is 1.66. The van der Waals surface area contributed by atoms with Crippen LogP contribution >= 0.6 is 15.9 Å². The minimum atomic E-state index is -0.749. The van der Waals surface area contributed by atoms with E-state index in [9.17, 15) is 4.79 Å². The van der Waals surface area contributed by atoms with Gasteiger partial charge < -0.3 is 9.84 Å². The quantitative estimate of drug-likeness (QED) is 0.767. The number of halogens is 1. The van der Waals surface area contributed by atoms with E-state index in [0.29, 0.717) is 18.9 Å². The van der Waals surface area contributed by atoms with Crippen LogP contribution in [0.5, 0.6) is 5.75 Å². The molecular weight excluding hydrogens is 296 g/mol. The molecule has 18 heavy (non-hydrogen) atoms. The highest BCUT2D eigenvalue weighted by Crippen LogP contribution is 2.29.